The molecular weight excluding hydrogens is 350 g/mol. The number of imidazole rings is 1. The molecule has 0 aromatic carbocycles. The van der Waals surface area contributed by atoms with Crippen molar-refractivity contribution in [3.8, 4) is 0 Å². The number of thiazole rings is 1. The Balaban J connectivity index is 1.98. The average Bonchev–Trinajstić information content (AvgIpc) is 3.20. The maximum absolute atomic E-state index is 11.6. The minimum atomic E-state index is -0.395. The number of aliphatic hydroxyl groups excluding tert-OH is 1. The summed E-state index contributed by atoms with van der Waals surface area (Å²) in [5, 5.41) is 12.8. The van der Waals surface area contributed by atoms with E-state index in [2.05, 4.69) is 9.97 Å². The van der Waals surface area contributed by atoms with Gasteiger partial charge in [0.05, 0.1) is 30.9 Å². The van der Waals surface area contributed by atoms with E-state index in [0.717, 1.165) is 28.8 Å². The van der Waals surface area contributed by atoms with Crippen LogP contribution in [0, 0.1) is 0 Å². The molecule has 0 saturated heterocycles. The first-order valence-electron chi connectivity index (χ1n) is 7.58. The van der Waals surface area contributed by atoms with Gasteiger partial charge in [-0.1, -0.05) is 11.8 Å². The lowest BCUT2D eigenvalue weighted by molar-refractivity contribution is 0.0520. The fourth-order valence-electron chi connectivity index (χ4n) is 2.04. The van der Waals surface area contributed by atoms with Crippen LogP contribution >= 0.6 is 23.1 Å². The highest BCUT2D eigenvalue weighted by Crippen LogP contribution is 2.25. The molecule has 132 valence electrons. The highest BCUT2D eigenvalue weighted by atomic mass is 32.2. The van der Waals surface area contributed by atoms with Crippen LogP contribution < -0.4 is 0 Å². The summed E-state index contributed by atoms with van der Waals surface area (Å²) in [4.78, 5) is 20.3. The fourth-order valence-corrected chi connectivity index (χ4v) is 3.85. The molecule has 1 N–H and O–H groups in total. The van der Waals surface area contributed by atoms with Gasteiger partial charge in [0.1, 0.15) is 5.01 Å². The summed E-state index contributed by atoms with van der Waals surface area (Å²) in [6.45, 7) is 3.44. The van der Waals surface area contributed by atoms with Crippen molar-refractivity contribution < 1.29 is 19.4 Å². The molecule has 2 rings (SSSR count). The molecule has 0 fully saturated rings. The van der Waals surface area contributed by atoms with Crippen LogP contribution in [0.4, 0.5) is 0 Å². The third kappa shape index (κ3) is 5.04. The lowest BCUT2D eigenvalue weighted by Gasteiger charge is -2.09. The number of ether oxygens (including phenoxy) is 2. The fraction of sp³-hybridized carbons (Fsp3) is 0.533. The minimum absolute atomic E-state index is 0.0508. The molecule has 0 atom stereocenters. The Morgan fingerprint density at radius 3 is 3.04 bits per heavy atom. The van der Waals surface area contributed by atoms with Gasteiger partial charge in [-0.25, -0.2) is 14.8 Å². The van der Waals surface area contributed by atoms with Crippen LogP contribution in [0.3, 0.4) is 0 Å². The number of hydrogen-bond donors (Lipinski definition) is 1. The number of methoxy groups -OCH3 is 1. The average molecular weight is 371 g/mol. The monoisotopic (exact) mass is 371 g/mol. The molecule has 0 amide bonds. The molecule has 2 aromatic heterocycles. The Hall–Kier alpha value is -1.42. The molecule has 0 aliphatic heterocycles. The van der Waals surface area contributed by atoms with E-state index in [1.54, 1.807) is 25.6 Å². The minimum Gasteiger partial charge on any atom is -0.461 e. The second-order valence-electron chi connectivity index (χ2n) is 4.82. The maximum atomic E-state index is 11.6. The molecule has 7 nitrogen and oxygen atoms in total. The van der Waals surface area contributed by atoms with Gasteiger partial charge in [0.25, 0.3) is 0 Å². The molecule has 2 aromatic rings. The van der Waals surface area contributed by atoms with Crippen LogP contribution in [-0.4, -0.2) is 45.9 Å². The van der Waals surface area contributed by atoms with Crippen molar-refractivity contribution in [2.45, 2.75) is 37.4 Å². The number of carbonyl (C=O) groups excluding carboxylic acids is 1. The topological polar surface area (TPSA) is 86.5 Å². The summed E-state index contributed by atoms with van der Waals surface area (Å²) < 4.78 is 12.0. The van der Waals surface area contributed by atoms with E-state index in [1.807, 2.05) is 4.57 Å². The smallest absolute Gasteiger partial charge is 0.357 e. The largest absolute Gasteiger partial charge is 0.461 e. The van der Waals surface area contributed by atoms with Gasteiger partial charge in [0, 0.05) is 25.6 Å². The first-order valence-corrected chi connectivity index (χ1v) is 9.44. The van der Waals surface area contributed by atoms with Gasteiger partial charge < -0.3 is 19.1 Å². The van der Waals surface area contributed by atoms with Gasteiger partial charge >= 0.3 is 5.97 Å². The first kappa shape index (κ1) is 18.9. The van der Waals surface area contributed by atoms with Crippen molar-refractivity contribution in [1.29, 1.82) is 0 Å². The van der Waals surface area contributed by atoms with Crippen molar-refractivity contribution in [1.82, 2.24) is 14.5 Å². The summed E-state index contributed by atoms with van der Waals surface area (Å²) in [6.07, 6.45) is 2.53. The Kier molecular flexibility index (Phi) is 7.70. The van der Waals surface area contributed by atoms with Crippen LogP contribution in [0.5, 0.6) is 0 Å². The zero-order valence-electron chi connectivity index (χ0n) is 13.7. The van der Waals surface area contributed by atoms with E-state index in [1.165, 1.54) is 23.1 Å². The van der Waals surface area contributed by atoms with E-state index >= 15 is 0 Å². The number of rotatable bonds is 10. The highest BCUT2D eigenvalue weighted by Gasteiger charge is 2.14. The van der Waals surface area contributed by atoms with E-state index < -0.39 is 5.97 Å². The van der Waals surface area contributed by atoms with E-state index in [0.29, 0.717) is 24.7 Å². The third-order valence-corrected chi connectivity index (χ3v) is 5.19. The van der Waals surface area contributed by atoms with Gasteiger partial charge in [-0.15, -0.1) is 11.3 Å². The van der Waals surface area contributed by atoms with Crippen molar-refractivity contribution >= 4 is 29.1 Å². The molecule has 0 saturated carbocycles. The van der Waals surface area contributed by atoms with Crippen molar-refractivity contribution in [3.05, 3.63) is 28.0 Å². The zero-order chi connectivity index (χ0) is 17.4. The van der Waals surface area contributed by atoms with Crippen molar-refractivity contribution in [2.75, 3.05) is 20.3 Å². The summed E-state index contributed by atoms with van der Waals surface area (Å²) in [5.74, 6) is 0.213. The van der Waals surface area contributed by atoms with E-state index in [9.17, 15) is 9.90 Å². The lowest BCUT2D eigenvalue weighted by atomic mass is 10.4. The molecule has 0 aliphatic rings. The van der Waals surface area contributed by atoms with Crippen LogP contribution in [0.1, 0.15) is 34.5 Å². The van der Waals surface area contributed by atoms with Gasteiger partial charge in [-0.05, 0) is 13.3 Å². The molecule has 0 aliphatic carbocycles. The van der Waals surface area contributed by atoms with Crippen LogP contribution in [0.25, 0.3) is 0 Å². The lowest BCUT2D eigenvalue weighted by Crippen LogP contribution is -2.07. The second-order valence-corrected chi connectivity index (χ2v) is 6.71. The van der Waals surface area contributed by atoms with E-state index in [4.69, 9.17) is 9.47 Å². The molecule has 0 radical (unpaired) electrons. The van der Waals surface area contributed by atoms with Crippen LogP contribution in [-0.2, 0) is 28.4 Å². The van der Waals surface area contributed by atoms with E-state index in [-0.39, 0.29) is 6.61 Å². The molecule has 0 unspecified atom stereocenters. The van der Waals surface area contributed by atoms with Crippen molar-refractivity contribution in [3.63, 3.8) is 0 Å². The zero-order valence-corrected chi connectivity index (χ0v) is 15.4. The van der Waals surface area contributed by atoms with Crippen LogP contribution in [0.2, 0.25) is 0 Å². The summed E-state index contributed by atoms with van der Waals surface area (Å²) in [5.41, 5.74) is 1.12. The Labute approximate surface area is 149 Å². The first-order chi connectivity index (χ1) is 11.7. The number of thioether (sulfide) groups is 1. The normalized spacial score (nSPS) is 11.0. The second kappa shape index (κ2) is 9.77. The molecule has 24 heavy (non-hydrogen) atoms. The van der Waals surface area contributed by atoms with Crippen molar-refractivity contribution in [2.24, 2.45) is 0 Å². The van der Waals surface area contributed by atoms with Gasteiger partial charge in [0.2, 0.25) is 0 Å². The number of aliphatic hydroxyl groups is 1. The molecule has 0 bridgehead atoms. The Morgan fingerprint density at radius 2 is 2.33 bits per heavy atom. The molecular formula is C15H21N3O4S2. The van der Waals surface area contributed by atoms with Gasteiger partial charge in [-0.2, -0.15) is 0 Å². The van der Waals surface area contributed by atoms with Gasteiger partial charge in [-0.3, -0.25) is 0 Å². The summed E-state index contributed by atoms with van der Waals surface area (Å²) in [7, 11) is 1.67. The predicted octanol–water partition coefficient (Wildman–Crippen LogP) is 2.34. The Bertz CT molecular complexity index is 657. The highest BCUT2D eigenvalue weighted by molar-refractivity contribution is 7.98. The molecule has 0 spiro atoms. The number of esters is 1. The SMILES string of the molecule is CCOC(=O)c1csc(CSc2ncc(CO)n2CCCOC)n1. The molecule has 9 heteroatoms. The number of carbonyl (C=O) groups is 1. The number of aromatic nitrogens is 3. The third-order valence-electron chi connectivity index (χ3n) is 3.15. The van der Waals surface area contributed by atoms with Gasteiger partial charge in [0.15, 0.2) is 10.9 Å². The molecule has 2 heterocycles. The number of hydrogen-bond acceptors (Lipinski definition) is 8. The summed E-state index contributed by atoms with van der Waals surface area (Å²) >= 11 is 2.95. The standard InChI is InChI=1S/C15H21N3O4S2/c1-3-22-14(20)12-9-23-13(17-12)10-24-15-16-7-11(8-19)18(15)5-4-6-21-2/h7,9,19H,3-6,8,10H2,1-2H3. The quantitative estimate of drug-likeness (QED) is 0.390. The Morgan fingerprint density at radius 1 is 1.50 bits per heavy atom. The summed E-state index contributed by atoms with van der Waals surface area (Å²) in [6, 6.07) is 0. The van der Waals surface area contributed by atoms with Crippen LogP contribution in [0.15, 0.2) is 16.7 Å². The maximum Gasteiger partial charge on any atom is 0.357 e. The number of nitrogens with zero attached hydrogens (tertiary/aromatic N) is 3. The predicted molar refractivity (Wildman–Crippen MR) is 92.3 cm³/mol.